The van der Waals surface area contributed by atoms with Gasteiger partial charge >= 0.3 is 0 Å². The van der Waals surface area contributed by atoms with Gasteiger partial charge in [0.15, 0.2) is 0 Å². The number of hydrogen-bond acceptors (Lipinski definition) is 4. The number of nitrogens with one attached hydrogen (secondary N) is 1. The van der Waals surface area contributed by atoms with Crippen LogP contribution in [0, 0.1) is 5.92 Å². The largest absolute Gasteiger partial charge is 0.385 e. The molecular weight excluding hydrogens is 218 g/mol. The van der Waals surface area contributed by atoms with Gasteiger partial charge in [0, 0.05) is 26.8 Å². The molecule has 2 unspecified atom stereocenters. The molecule has 0 aromatic carbocycles. The van der Waals surface area contributed by atoms with Gasteiger partial charge in [-0.15, -0.1) is 0 Å². The summed E-state index contributed by atoms with van der Waals surface area (Å²) in [5.41, 5.74) is 5.64. The minimum Gasteiger partial charge on any atom is -0.385 e. The fourth-order valence-corrected chi connectivity index (χ4v) is 2.15. The standard InChI is InChI=1S/C12H25N3O2/c1-10(12(16)14-5-3-7-17-2)15-6-4-11(8-13)9-15/h10-11H,3-9,13H2,1-2H3,(H,14,16). The van der Waals surface area contributed by atoms with Crippen LogP contribution in [0.2, 0.25) is 0 Å². The molecule has 0 aromatic heterocycles. The predicted octanol–water partition coefficient (Wildman–Crippen LogP) is -0.192. The lowest BCUT2D eigenvalue weighted by molar-refractivity contribution is -0.125. The summed E-state index contributed by atoms with van der Waals surface area (Å²) in [4.78, 5) is 14.1. The summed E-state index contributed by atoms with van der Waals surface area (Å²) in [5, 5.41) is 2.94. The second-order valence-electron chi connectivity index (χ2n) is 4.70. The highest BCUT2D eigenvalue weighted by Crippen LogP contribution is 2.17. The Morgan fingerprint density at radius 1 is 1.65 bits per heavy atom. The van der Waals surface area contributed by atoms with Crippen molar-refractivity contribution in [2.45, 2.75) is 25.8 Å². The van der Waals surface area contributed by atoms with Crippen molar-refractivity contribution in [1.29, 1.82) is 0 Å². The van der Waals surface area contributed by atoms with Crippen LogP contribution in [0.5, 0.6) is 0 Å². The van der Waals surface area contributed by atoms with E-state index in [1.165, 1.54) is 0 Å². The lowest BCUT2D eigenvalue weighted by atomic mass is 10.1. The molecular formula is C12H25N3O2. The molecule has 0 bridgehead atoms. The van der Waals surface area contributed by atoms with Crippen LogP contribution in [0.1, 0.15) is 19.8 Å². The maximum Gasteiger partial charge on any atom is 0.237 e. The van der Waals surface area contributed by atoms with Crippen molar-refractivity contribution >= 4 is 5.91 Å². The molecule has 2 atom stereocenters. The Kier molecular flexibility index (Phi) is 6.47. The number of nitrogens with zero attached hydrogens (tertiary/aromatic N) is 1. The molecule has 1 saturated heterocycles. The SMILES string of the molecule is COCCCNC(=O)C(C)N1CCC(CN)C1. The van der Waals surface area contributed by atoms with E-state index in [9.17, 15) is 4.79 Å². The van der Waals surface area contributed by atoms with Crippen molar-refractivity contribution in [2.24, 2.45) is 11.7 Å². The minimum atomic E-state index is -0.0471. The summed E-state index contributed by atoms with van der Waals surface area (Å²) in [7, 11) is 1.67. The zero-order chi connectivity index (χ0) is 12.7. The van der Waals surface area contributed by atoms with E-state index in [0.29, 0.717) is 19.1 Å². The van der Waals surface area contributed by atoms with Crippen LogP contribution >= 0.6 is 0 Å². The number of carbonyl (C=O) groups is 1. The third-order valence-electron chi connectivity index (χ3n) is 3.40. The van der Waals surface area contributed by atoms with E-state index >= 15 is 0 Å². The third-order valence-corrected chi connectivity index (χ3v) is 3.40. The smallest absolute Gasteiger partial charge is 0.237 e. The van der Waals surface area contributed by atoms with Gasteiger partial charge in [0.2, 0.25) is 5.91 Å². The molecule has 1 amide bonds. The Bertz CT molecular complexity index is 236. The van der Waals surface area contributed by atoms with Crippen LogP contribution in [0.3, 0.4) is 0 Å². The molecule has 0 saturated carbocycles. The number of hydrogen-bond donors (Lipinski definition) is 2. The number of nitrogens with two attached hydrogens (primary N) is 1. The zero-order valence-electron chi connectivity index (χ0n) is 10.9. The van der Waals surface area contributed by atoms with E-state index in [-0.39, 0.29) is 11.9 Å². The highest BCUT2D eigenvalue weighted by atomic mass is 16.5. The summed E-state index contributed by atoms with van der Waals surface area (Å²) in [5.74, 6) is 0.664. The Hall–Kier alpha value is -0.650. The maximum atomic E-state index is 11.9. The average Bonchev–Trinajstić information content (AvgIpc) is 2.82. The Morgan fingerprint density at radius 3 is 3.00 bits per heavy atom. The first-order chi connectivity index (χ1) is 8.19. The van der Waals surface area contributed by atoms with Gasteiger partial charge in [0.25, 0.3) is 0 Å². The molecule has 1 heterocycles. The van der Waals surface area contributed by atoms with Gasteiger partial charge < -0.3 is 15.8 Å². The van der Waals surface area contributed by atoms with Gasteiger partial charge in [-0.05, 0) is 38.8 Å². The van der Waals surface area contributed by atoms with Gasteiger partial charge in [0.05, 0.1) is 6.04 Å². The number of carbonyl (C=O) groups excluding carboxylic acids is 1. The van der Waals surface area contributed by atoms with Crippen LogP contribution in [0.25, 0.3) is 0 Å². The first-order valence-corrected chi connectivity index (χ1v) is 6.39. The van der Waals surface area contributed by atoms with E-state index in [0.717, 1.165) is 32.5 Å². The van der Waals surface area contributed by atoms with Crippen LogP contribution in [0.15, 0.2) is 0 Å². The topological polar surface area (TPSA) is 67.6 Å². The average molecular weight is 243 g/mol. The summed E-state index contributed by atoms with van der Waals surface area (Å²) in [6, 6.07) is -0.0471. The highest BCUT2D eigenvalue weighted by Gasteiger charge is 2.28. The van der Waals surface area contributed by atoms with Crippen LogP contribution in [-0.2, 0) is 9.53 Å². The van der Waals surface area contributed by atoms with Gasteiger partial charge in [-0.2, -0.15) is 0 Å². The summed E-state index contributed by atoms with van der Waals surface area (Å²) >= 11 is 0. The highest BCUT2D eigenvalue weighted by molar-refractivity contribution is 5.81. The fourth-order valence-electron chi connectivity index (χ4n) is 2.15. The molecule has 5 heteroatoms. The first-order valence-electron chi connectivity index (χ1n) is 6.39. The Labute approximate surface area is 104 Å². The molecule has 100 valence electrons. The van der Waals surface area contributed by atoms with Gasteiger partial charge in [-0.3, -0.25) is 9.69 Å². The van der Waals surface area contributed by atoms with Crippen molar-refractivity contribution < 1.29 is 9.53 Å². The molecule has 1 aliphatic heterocycles. The quantitative estimate of drug-likeness (QED) is 0.608. The molecule has 3 N–H and O–H groups in total. The number of ether oxygens (including phenoxy) is 1. The monoisotopic (exact) mass is 243 g/mol. The third kappa shape index (κ3) is 4.61. The molecule has 1 rings (SSSR count). The summed E-state index contributed by atoms with van der Waals surface area (Å²) < 4.78 is 4.94. The predicted molar refractivity (Wildman–Crippen MR) is 67.7 cm³/mol. The van der Waals surface area contributed by atoms with Crippen LogP contribution in [-0.4, -0.2) is 56.7 Å². The second-order valence-corrected chi connectivity index (χ2v) is 4.70. The van der Waals surface area contributed by atoms with Gasteiger partial charge in [-0.1, -0.05) is 0 Å². The molecule has 17 heavy (non-hydrogen) atoms. The van der Waals surface area contributed by atoms with Crippen molar-refractivity contribution in [1.82, 2.24) is 10.2 Å². The summed E-state index contributed by atoms with van der Waals surface area (Å²) in [6.45, 7) is 5.99. The molecule has 5 nitrogen and oxygen atoms in total. The van der Waals surface area contributed by atoms with Crippen molar-refractivity contribution in [3.8, 4) is 0 Å². The number of likely N-dealkylation sites (tertiary alicyclic amines) is 1. The number of rotatable bonds is 7. The van der Waals surface area contributed by atoms with Crippen molar-refractivity contribution in [3.05, 3.63) is 0 Å². The van der Waals surface area contributed by atoms with E-state index in [1.807, 2.05) is 6.92 Å². The molecule has 0 radical (unpaired) electrons. The van der Waals surface area contributed by atoms with Crippen LogP contribution in [0.4, 0.5) is 0 Å². The van der Waals surface area contributed by atoms with Gasteiger partial charge in [-0.25, -0.2) is 0 Å². The first kappa shape index (κ1) is 14.4. The second kappa shape index (κ2) is 7.63. The maximum absolute atomic E-state index is 11.9. The van der Waals surface area contributed by atoms with E-state index < -0.39 is 0 Å². The lowest BCUT2D eigenvalue weighted by Crippen LogP contribution is -2.44. The van der Waals surface area contributed by atoms with Crippen molar-refractivity contribution in [3.63, 3.8) is 0 Å². The zero-order valence-corrected chi connectivity index (χ0v) is 10.9. The van der Waals surface area contributed by atoms with E-state index in [1.54, 1.807) is 7.11 Å². The molecule has 1 aliphatic rings. The van der Waals surface area contributed by atoms with E-state index in [4.69, 9.17) is 10.5 Å². The molecule has 0 aliphatic carbocycles. The molecule has 0 spiro atoms. The fraction of sp³-hybridized carbons (Fsp3) is 0.917. The van der Waals surface area contributed by atoms with E-state index in [2.05, 4.69) is 10.2 Å². The Morgan fingerprint density at radius 2 is 2.41 bits per heavy atom. The Balaban J connectivity index is 2.22. The van der Waals surface area contributed by atoms with Crippen LogP contribution < -0.4 is 11.1 Å². The molecule has 1 fully saturated rings. The minimum absolute atomic E-state index is 0.0471. The van der Waals surface area contributed by atoms with Gasteiger partial charge in [0.1, 0.15) is 0 Å². The van der Waals surface area contributed by atoms with Crippen molar-refractivity contribution in [2.75, 3.05) is 39.9 Å². The number of methoxy groups -OCH3 is 1. The normalized spacial score (nSPS) is 22.6. The lowest BCUT2D eigenvalue weighted by Gasteiger charge is -2.23. The molecule has 0 aromatic rings. The summed E-state index contributed by atoms with van der Waals surface area (Å²) in [6.07, 6.45) is 1.97. The number of amides is 1.